The number of carbonyl (C=O) groups is 1. The van der Waals surface area contributed by atoms with Gasteiger partial charge in [-0.25, -0.2) is 9.97 Å². The Morgan fingerprint density at radius 3 is 2.76 bits per heavy atom. The number of rotatable bonds is 7. The van der Waals surface area contributed by atoms with Crippen molar-refractivity contribution in [3.63, 3.8) is 0 Å². The minimum absolute atomic E-state index is 0.112. The fraction of sp³-hybridized carbons (Fsp3) is 0.500. The van der Waals surface area contributed by atoms with Gasteiger partial charge in [0.05, 0.1) is 6.10 Å². The van der Waals surface area contributed by atoms with Crippen LogP contribution >= 0.6 is 0 Å². The number of amides is 1. The Morgan fingerprint density at radius 2 is 1.97 bits per heavy atom. The molecule has 3 aromatic rings. The number of aromatic nitrogens is 3. The highest BCUT2D eigenvalue weighted by Crippen LogP contribution is 2.27. The maximum absolute atomic E-state index is 11.5. The number of aliphatic hydroxyl groups excluding tert-OH is 1. The lowest BCUT2D eigenvalue weighted by Gasteiger charge is -2.31. The van der Waals surface area contributed by atoms with Crippen LogP contribution in [-0.4, -0.2) is 80.8 Å². The number of carbonyl (C=O) groups excluding carboxylic acids is 1. The number of piperidine rings is 1. The number of β-amino-alcohol motifs (C(OH)–C–C–N with tert-alkyl or cyclic N) is 1. The zero-order valence-corrected chi connectivity index (χ0v) is 19.4. The molecule has 1 amide bonds. The lowest BCUT2D eigenvalue weighted by molar-refractivity contribution is -0.129. The average Bonchev–Trinajstić information content (AvgIpc) is 3.27. The summed E-state index contributed by atoms with van der Waals surface area (Å²) in [6, 6.07) is 8.69. The molecule has 2 aliphatic heterocycles. The van der Waals surface area contributed by atoms with Crippen LogP contribution in [0, 0.1) is 0 Å². The van der Waals surface area contributed by atoms with E-state index < -0.39 is 6.10 Å². The highest BCUT2D eigenvalue weighted by molar-refractivity contribution is 5.90. The zero-order valence-electron chi connectivity index (χ0n) is 19.4. The van der Waals surface area contributed by atoms with E-state index in [1.54, 1.807) is 6.92 Å². The quantitative estimate of drug-likeness (QED) is 0.480. The van der Waals surface area contributed by atoms with Crippen molar-refractivity contribution in [3.8, 4) is 0 Å². The van der Waals surface area contributed by atoms with Crippen molar-refractivity contribution in [3.05, 3.63) is 41.7 Å². The molecule has 3 N–H and O–H groups in total. The predicted octanol–water partition coefficient (Wildman–Crippen LogP) is 1.87. The molecule has 34 heavy (non-hydrogen) atoms. The third kappa shape index (κ3) is 4.97. The monoisotopic (exact) mass is 465 g/mol. The number of aliphatic hydroxyl groups is 1. The fourth-order valence-electron chi connectivity index (χ4n) is 4.80. The van der Waals surface area contributed by atoms with Crippen molar-refractivity contribution in [2.75, 3.05) is 43.4 Å². The molecular formula is C24H31N7O3. The summed E-state index contributed by atoms with van der Waals surface area (Å²) < 4.78 is 5.55. The molecular weight excluding hydrogens is 434 g/mol. The number of benzene rings is 1. The van der Waals surface area contributed by atoms with Crippen molar-refractivity contribution in [1.82, 2.24) is 24.9 Å². The summed E-state index contributed by atoms with van der Waals surface area (Å²) in [5, 5.41) is 21.3. The Hall–Kier alpha value is -3.24. The standard InChI is InChI=1S/C24H31N7O3/c1-16(32)31-10-7-19(8-11-31)28-24-22-21(26-15-27-24)23(29-34-22)25-12-20(33)14-30-9-6-17-4-2-3-5-18(17)13-30/h2-5,15,19-20,33H,6-14H2,1H3,(H,25,29)(H,26,27,28)/t20-/m1/s1. The van der Waals surface area contributed by atoms with E-state index in [4.69, 9.17) is 4.52 Å². The third-order valence-electron chi connectivity index (χ3n) is 6.72. The van der Waals surface area contributed by atoms with E-state index in [0.717, 1.165) is 45.4 Å². The van der Waals surface area contributed by atoms with Crippen LogP contribution in [0.1, 0.15) is 30.9 Å². The third-order valence-corrected chi connectivity index (χ3v) is 6.72. The van der Waals surface area contributed by atoms with Gasteiger partial charge in [-0.1, -0.05) is 29.4 Å². The van der Waals surface area contributed by atoms with Crippen molar-refractivity contribution in [2.45, 2.75) is 44.9 Å². The highest BCUT2D eigenvalue weighted by Gasteiger charge is 2.24. The maximum Gasteiger partial charge on any atom is 0.229 e. The SMILES string of the molecule is CC(=O)N1CCC(Nc2ncnc3c(NC[C@@H](O)CN4CCc5ccccc5C4)noc23)CC1. The number of anilines is 2. The molecule has 0 unspecified atom stereocenters. The second-order valence-corrected chi connectivity index (χ2v) is 9.14. The summed E-state index contributed by atoms with van der Waals surface area (Å²) in [5.41, 5.74) is 3.80. The van der Waals surface area contributed by atoms with Gasteiger partial charge in [0.15, 0.2) is 17.2 Å². The van der Waals surface area contributed by atoms with Gasteiger partial charge in [-0.05, 0) is 30.4 Å². The topological polar surface area (TPSA) is 120 Å². The van der Waals surface area contributed by atoms with Crippen molar-refractivity contribution >= 4 is 28.6 Å². The lowest BCUT2D eigenvalue weighted by atomic mass is 10.00. The molecule has 1 fully saturated rings. The molecule has 0 aliphatic carbocycles. The fourth-order valence-corrected chi connectivity index (χ4v) is 4.80. The van der Waals surface area contributed by atoms with E-state index >= 15 is 0 Å². The molecule has 5 rings (SSSR count). The molecule has 0 bridgehead atoms. The molecule has 1 atom stereocenters. The van der Waals surface area contributed by atoms with Gasteiger partial charge in [0.2, 0.25) is 11.5 Å². The average molecular weight is 466 g/mol. The van der Waals surface area contributed by atoms with Crippen LogP contribution in [-0.2, 0) is 17.8 Å². The van der Waals surface area contributed by atoms with Crippen LogP contribution in [0.15, 0.2) is 35.1 Å². The molecule has 2 aromatic heterocycles. The summed E-state index contributed by atoms with van der Waals surface area (Å²) in [6.45, 7) is 5.78. The summed E-state index contributed by atoms with van der Waals surface area (Å²) in [6.07, 6.45) is 3.63. The Morgan fingerprint density at radius 1 is 1.18 bits per heavy atom. The Bertz CT molecular complexity index is 1140. The summed E-state index contributed by atoms with van der Waals surface area (Å²) >= 11 is 0. The molecule has 180 valence electrons. The molecule has 1 aromatic carbocycles. The van der Waals surface area contributed by atoms with Gasteiger partial charge in [0, 0.05) is 52.2 Å². The number of fused-ring (bicyclic) bond motifs is 2. The van der Waals surface area contributed by atoms with Crippen LogP contribution < -0.4 is 10.6 Å². The highest BCUT2D eigenvalue weighted by atomic mass is 16.5. The van der Waals surface area contributed by atoms with E-state index in [2.05, 4.69) is 54.9 Å². The van der Waals surface area contributed by atoms with Crippen LogP contribution in [0.2, 0.25) is 0 Å². The number of hydrogen-bond donors (Lipinski definition) is 3. The first-order chi connectivity index (χ1) is 16.6. The summed E-state index contributed by atoms with van der Waals surface area (Å²) in [7, 11) is 0. The molecule has 1 saturated heterocycles. The van der Waals surface area contributed by atoms with Crippen LogP contribution in [0.3, 0.4) is 0 Å². The van der Waals surface area contributed by atoms with Gasteiger partial charge >= 0.3 is 0 Å². The molecule has 0 spiro atoms. The first kappa shape index (κ1) is 22.5. The Kier molecular flexibility index (Phi) is 6.59. The van der Waals surface area contributed by atoms with Crippen molar-refractivity contribution in [1.29, 1.82) is 0 Å². The lowest BCUT2D eigenvalue weighted by Crippen LogP contribution is -2.41. The van der Waals surface area contributed by atoms with Gasteiger partial charge in [-0.15, -0.1) is 0 Å². The van der Waals surface area contributed by atoms with Gasteiger partial charge in [0.1, 0.15) is 6.33 Å². The van der Waals surface area contributed by atoms with E-state index in [-0.39, 0.29) is 11.9 Å². The molecule has 0 saturated carbocycles. The van der Waals surface area contributed by atoms with E-state index in [1.807, 2.05) is 4.90 Å². The second-order valence-electron chi connectivity index (χ2n) is 9.14. The van der Waals surface area contributed by atoms with Gasteiger partial charge in [0.25, 0.3) is 0 Å². The molecule has 10 heteroatoms. The second kappa shape index (κ2) is 9.94. The van der Waals surface area contributed by atoms with Crippen molar-refractivity contribution < 1.29 is 14.4 Å². The molecule has 4 heterocycles. The van der Waals surface area contributed by atoms with Gasteiger partial charge in [-0.3, -0.25) is 9.69 Å². The number of nitrogens with zero attached hydrogens (tertiary/aromatic N) is 5. The van der Waals surface area contributed by atoms with E-state index in [0.29, 0.717) is 35.8 Å². The number of nitrogens with one attached hydrogen (secondary N) is 2. The maximum atomic E-state index is 11.5. The smallest absolute Gasteiger partial charge is 0.229 e. The molecule has 2 aliphatic rings. The van der Waals surface area contributed by atoms with Crippen LogP contribution in [0.5, 0.6) is 0 Å². The Balaban J connectivity index is 1.16. The Labute approximate surface area is 198 Å². The first-order valence-corrected chi connectivity index (χ1v) is 11.9. The van der Waals surface area contributed by atoms with Crippen LogP contribution in [0.25, 0.3) is 11.1 Å². The van der Waals surface area contributed by atoms with Crippen LogP contribution in [0.4, 0.5) is 11.6 Å². The minimum atomic E-state index is -0.553. The molecule has 10 nitrogen and oxygen atoms in total. The number of likely N-dealkylation sites (tertiary alicyclic amines) is 1. The summed E-state index contributed by atoms with van der Waals surface area (Å²) in [5.74, 6) is 1.20. The van der Waals surface area contributed by atoms with Crippen molar-refractivity contribution in [2.24, 2.45) is 0 Å². The predicted molar refractivity (Wildman–Crippen MR) is 128 cm³/mol. The normalized spacial score (nSPS) is 18.0. The zero-order chi connectivity index (χ0) is 23.5. The largest absolute Gasteiger partial charge is 0.390 e. The van der Waals surface area contributed by atoms with Gasteiger partial charge < -0.3 is 25.2 Å². The van der Waals surface area contributed by atoms with E-state index in [9.17, 15) is 9.90 Å². The number of hydrogen-bond acceptors (Lipinski definition) is 9. The minimum Gasteiger partial charge on any atom is -0.390 e. The van der Waals surface area contributed by atoms with E-state index in [1.165, 1.54) is 17.5 Å². The first-order valence-electron chi connectivity index (χ1n) is 11.9. The van der Waals surface area contributed by atoms with Gasteiger partial charge in [-0.2, -0.15) is 0 Å². The molecule has 0 radical (unpaired) electrons. The summed E-state index contributed by atoms with van der Waals surface area (Å²) in [4.78, 5) is 24.4.